The van der Waals surface area contributed by atoms with E-state index in [1.165, 1.54) is 18.4 Å². The Morgan fingerprint density at radius 3 is 2.72 bits per heavy atom. The molecule has 2 aromatic rings. The molecule has 29 heavy (non-hydrogen) atoms. The zero-order valence-corrected chi connectivity index (χ0v) is 18.4. The van der Waals surface area contributed by atoms with Gasteiger partial charge in [-0.15, -0.1) is 0 Å². The van der Waals surface area contributed by atoms with Crippen molar-refractivity contribution >= 4 is 27.0 Å². The lowest BCUT2D eigenvalue weighted by Crippen LogP contribution is -2.39. The van der Waals surface area contributed by atoms with E-state index in [1.54, 1.807) is 12.1 Å². The molecule has 1 fully saturated rings. The molecule has 8 nitrogen and oxygen atoms in total. The first kappa shape index (κ1) is 21.7. The highest BCUT2D eigenvalue weighted by atomic mass is 32.2. The number of benzene rings is 1. The van der Waals surface area contributed by atoms with Crippen LogP contribution in [0.3, 0.4) is 0 Å². The van der Waals surface area contributed by atoms with Gasteiger partial charge in [0.1, 0.15) is 5.82 Å². The summed E-state index contributed by atoms with van der Waals surface area (Å²) < 4.78 is 33.4. The third kappa shape index (κ3) is 4.46. The number of rotatable bonds is 7. The van der Waals surface area contributed by atoms with Crippen molar-refractivity contribution in [1.82, 2.24) is 18.8 Å². The zero-order chi connectivity index (χ0) is 21.2. The van der Waals surface area contributed by atoms with Gasteiger partial charge in [-0.25, -0.2) is 17.7 Å². The second-order valence-electron chi connectivity index (χ2n) is 7.54. The summed E-state index contributed by atoms with van der Waals surface area (Å²) in [5.74, 6) is 0.658. The Kier molecular flexibility index (Phi) is 6.60. The van der Waals surface area contributed by atoms with Gasteiger partial charge in [-0.2, -0.15) is 0 Å². The van der Waals surface area contributed by atoms with E-state index in [0.29, 0.717) is 25.2 Å². The number of ether oxygens (including phenoxy) is 1. The van der Waals surface area contributed by atoms with Crippen molar-refractivity contribution in [2.45, 2.75) is 44.7 Å². The summed E-state index contributed by atoms with van der Waals surface area (Å²) >= 11 is 0. The number of fused-ring (bicyclic) bond motifs is 1. The quantitative estimate of drug-likeness (QED) is 0.635. The lowest BCUT2D eigenvalue weighted by molar-refractivity contribution is -0.150. The number of imidazole rings is 1. The van der Waals surface area contributed by atoms with Gasteiger partial charge in [-0.05, 0) is 51.4 Å². The normalized spacial score (nSPS) is 18.4. The van der Waals surface area contributed by atoms with E-state index in [1.807, 2.05) is 19.9 Å². The van der Waals surface area contributed by atoms with Crippen LogP contribution in [-0.2, 0) is 32.6 Å². The van der Waals surface area contributed by atoms with Crippen LogP contribution in [0, 0.1) is 5.92 Å². The summed E-state index contributed by atoms with van der Waals surface area (Å²) in [7, 11) is -0.466. The highest BCUT2D eigenvalue weighted by Crippen LogP contribution is 2.24. The number of nitrogens with zero attached hydrogens (tertiary/aromatic N) is 4. The molecule has 0 unspecified atom stereocenters. The molecule has 1 aromatic heterocycles. The molecule has 160 valence electrons. The van der Waals surface area contributed by atoms with Crippen LogP contribution in [0.25, 0.3) is 11.0 Å². The highest BCUT2D eigenvalue weighted by molar-refractivity contribution is 7.89. The summed E-state index contributed by atoms with van der Waals surface area (Å²) in [5, 5.41) is 0. The van der Waals surface area contributed by atoms with Crippen molar-refractivity contribution in [2.75, 3.05) is 33.8 Å². The first-order valence-corrected chi connectivity index (χ1v) is 11.5. The maximum Gasteiger partial charge on any atom is 0.310 e. The fourth-order valence-electron chi connectivity index (χ4n) is 3.86. The maximum absolute atomic E-state index is 12.4. The minimum absolute atomic E-state index is 0.0972. The lowest BCUT2D eigenvalue weighted by atomic mass is 9.98. The molecule has 1 atom stereocenters. The number of hydrogen-bond donors (Lipinski definition) is 0. The number of aromatic nitrogens is 2. The maximum atomic E-state index is 12.4. The zero-order valence-electron chi connectivity index (χ0n) is 17.6. The van der Waals surface area contributed by atoms with Crippen molar-refractivity contribution in [3.05, 3.63) is 24.0 Å². The Labute approximate surface area is 172 Å². The summed E-state index contributed by atoms with van der Waals surface area (Å²) in [6.45, 7) is 7.20. The minimum Gasteiger partial charge on any atom is -0.466 e. The van der Waals surface area contributed by atoms with Gasteiger partial charge in [0, 0.05) is 27.2 Å². The Hall–Kier alpha value is -1.97. The number of carbonyl (C=O) groups is 1. The SMILES string of the molecule is CCOC(=O)[C@@H]1CCCN(Cc2nc3cc(S(=O)(=O)N(C)C)ccc3n2CC)C1. The molecule has 2 heterocycles. The number of esters is 1. The lowest BCUT2D eigenvalue weighted by Gasteiger charge is -2.31. The molecule has 1 aliphatic rings. The van der Waals surface area contributed by atoms with Gasteiger partial charge in [0.15, 0.2) is 0 Å². The summed E-state index contributed by atoms with van der Waals surface area (Å²) in [6.07, 6.45) is 1.80. The molecule has 9 heteroatoms. The molecule has 3 rings (SSSR count). The number of hydrogen-bond acceptors (Lipinski definition) is 6. The second-order valence-corrected chi connectivity index (χ2v) is 9.69. The topological polar surface area (TPSA) is 84.7 Å². The van der Waals surface area contributed by atoms with Gasteiger partial charge >= 0.3 is 5.97 Å². The largest absolute Gasteiger partial charge is 0.466 e. The number of likely N-dealkylation sites (tertiary alicyclic amines) is 1. The van der Waals surface area contributed by atoms with Gasteiger partial charge in [-0.1, -0.05) is 0 Å². The van der Waals surface area contributed by atoms with Crippen LogP contribution < -0.4 is 0 Å². The van der Waals surface area contributed by atoms with Crippen molar-refractivity contribution in [2.24, 2.45) is 5.92 Å². The third-order valence-electron chi connectivity index (χ3n) is 5.38. The van der Waals surface area contributed by atoms with Crippen LogP contribution in [-0.4, -0.2) is 66.9 Å². The van der Waals surface area contributed by atoms with Crippen molar-refractivity contribution < 1.29 is 17.9 Å². The molecular formula is C20H30N4O4S. The van der Waals surface area contributed by atoms with Crippen LogP contribution in [0.2, 0.25) is 0 Å². The van der Waals surface area contributed by atoms with Gasteiger partial charge < -0.3 is 9.30 Å². The summed E-state index contributed by atoms with van der Waals surface area (Å²) in [4.78, 5) is 19.3. The van der Waals surface area contributed by atoms with Gasteiger partial charge in [0.05, 0.1) is 35.0 Å². The molecule has 1 aliphatic heterocycles. The minimum atomic E-state index is -3.51. The molecular weight excluding hydrogens is 392 g/mol. The predicted molar refractivity (Wildman–Crippen MR) is 111 cm³/mol. The first-order chi connectivity index (χ1) is 13.8. The van der Waals surface area contributed by atoms with Gasteiger partial charge in [-0.3, -0.25) is 9.69 Å². The molecule has 1 aromatic carbocycles. The Morgan fingerprint density at radius 2 is 2.07 bits per heavy atom. The molecule has 0 radical (unpaired) electrons. The number of piperidine rings is 1. The van der Waals surface area contributed by atoms with Crippen LogP contribution in [0.15, 0.2) is 23.1 Å². The molecule has 0 spiro atoms. The molecule has 0 amide bonds. The Morgan fingerprint density at radius 1 is 1.31 bits per heavy atom. The molecule has 0 aliphatic carbocycles. The average molecular weight is 423 g/mol. The van der Waals surface area contributed by atoms with E-state index >= 15 is 0 Å². The van der Waals surface area contributed by atoms with E-state index in [2.05, 4.69) is 9.47 Å². The summed E-state index contributed by atoms with van der Waals surface area (Å²) in [5.41, 5.74) is 1.59. The predicted octanol–water partition coefficient (Wildman–Crippen LogP) is 2.08. The smallest absolute Gasteiger partial charge is 0.310 e. The van der Waals surface area contributed by atoms with Crippen LogP contribution >= 0.6 is 0 Å². The first-order valence-electron chi connectivity index (χ1n) is 10.1. The average Bonchev–Trinajstić information content (AvgIpc) is 3.04. The van der Waals surface area contributed by atoms with Gasteiger partial charge in [0.25, 0.3) is 0 Å². The third-order valence-corrected chi connectivity index (χ3v) is 7.20. The van der Waals surface area contributed by atoms with Crippen molar-refractivity contribution in [3.63, 3.8) is 0 Å². The monoisotopic (exact) mass is 422 g/mol. The van der Waals surface area contributed by atoms with E-state index in [4.69, 9.17) is 9.72 Å². The molecule has 0 bridgehead atoms. The molecule has 1 saturated heterocycles. The van der Waals surface area contributed by atoms with Crippen molar-refractivity contribution in [3.8, 4) is 0 Å². The fourth-order valence-corrected chi connectivity index (χ4v) is 4.78. The number of aryl methyl sites for hydroxylation is 1. The standard InChI is InChI=1S/C20H30N4O4S/c1-5-24-18-10-9-16(29(26,27)22(3)4)12-17(18)21-19(24)14-23-11-7-8-15(13-23)20(25)28-6-2/h9-10,12,15H,5-8,11,13-14H2,1-4H3/t15-/m1/s1. The van der Waals surface area contributed by atoms with Crippen LogP contribution in [0.1, 0.15) is 32.5 Å². The highest BCUT2D eigenvalue weighted by Gasteiger charge is 2.28. The molecule has 0 saturated carbocycles. The molecule has 0 N–H and O–H groups in total. The Balaban J connectivity index is 1.86. The van der Waals surface area contributed by atoms with Crippen LogP contribution in [0.5, 0.6) is 0 Å². The van der Waals surface area contributed by atoms with E-state index in [0.717, 1.165) is 37.3 Å². The van der Waals surface area contributed by atoms with Crippen LogP contribution in [0.4, 0.5) is 0 Å². The number of carbonyl (C=O) groups excluding carboxylic acids is 1. The van der Waals surface area contributed by atoms with Crippen molar-refractivity contribution in [1.29, 1.82) is 0 Å². The number of sulfonamides is 1. The van der Waals surface area contributed by atoms with E-state index < -0.39 is 10.0 Å². The Bertz CT molecular complexity index is 984. The fraction of sp³-hybridized carbons (Fsp3) is 0.600. The second kappa shape index (κ2) is 8.81. The van der Waals surface area contributed by atoms with E-state index in [9.17, 15) is 13.2 Å². The van der Waals surface area contributed by atoms with Gasteiger partial charge in [0.2, 0.25) is 10.0 Å². The summed E-state index contributed by atoms with van der Waals surface area (Å²) in [6, 6.07) is 5.09. The van der Waals surface area contributed by atoms with E-state index in [-0.39, 0.29) is 16.8 Å².